The maximum atomic E-state index is 11.8. The maximum absolute atomic E-state index is 11.8. The fourth-order valence-electron chi connectivity index (χ4n) is 1.84. The van der Waals surface area contributed by atoms with Crippen LogP contribution in [0.3, 0.4) is 0 Å². The van der Waals surface area contributed by atoms with E-state index in [1.165, 1.54) is 18.2 Å². The molecule has 0 aliphatic carbocycles. The first-order valence-corrected chi connectivity index (χ1v) is 6.19. The van der Waals surface area contributed by atoms with Crippen molar-refractivity contribution in [3.63, 3.8) is 0 Å². The Kier molecular flexibility index (Phi) is 4.34. The van der Waals surface area contributed by atoms with E-state index in [0.29, 0.717) is 6.61 Å². The zero-order valence-electron chi connectivity index (χ0n) is 10.0. The number of carbonyl (C=O) groups is 1. The molecule has 0 radical (unpaired) electrons. The van der Waals surface area contributed by atoms with Crippen LogP contribution in [-0.2, 0) is 9.47 Å². The fraction of sp³-hybridized carbons (Fsp3) is 0.417. The summed E-state index contributed by atoms with van der Waals surface area (Å²) in [5.74, 6) is -0.677. The van der Waals surface area contributed by atoms with Crippen molar-refractivity contribution < 1.29 is 19.2 Å². The minimum absolute atomic E-state index is 0.00568. The third kappa shape index (κ3) is 3.21. The molecule has 1 aliphatic rings. The highest BCUT2D eigenvalue weighted by molar-refractivity contribution is 6.35. The molecule has 1 saturated heterocycles. The molecule has 0 aromatic heterocycles. The lowest BCUT2D eigenvalue weighted by atomic mass is 10.2. The molecule has 102 valence electrons. The molecule has 0 amide bonds. The molecule has 1 aliphatic heterocycles. The van der Waals surface area contributed by atoms with E-state index in [2.05, 4.69) is 0 Å². The number of ether oxygens (including phenoxy) is 2. The van der Waals surface area contributed by atoms with Gasteiger partial charge in [0.1, 0.15) is 11.6 Å². The van der Waals surface area contributed by atoms with Gasteiger partial charge in [0.05, 0.1) is 16.6 Å². The lowest BCUT2D eigenvalue weighted by Gasteiger charge is -2.10. The highest BCUT2D eigenvalue weighted by atomic mass is 35.5. The monoisotopic (exact) mass is 285 g/mol. The molecule has 1 aromatic carbocycles. The highest BCUT2D eigenvalue weighted by Crippen LogP contribution is 2.28. The smallest absolute Gasteiger partial charge is 0.340 e. The van der Waals surface area contributed by atoms with E-state index >= 15 is 0 Å². The minimum atomic E-state index is -0.677. The van der Waals surface area contributed by atoms with E-state index in [4.69, 9.17) is 21.1 Å². The summed E-state index contributed by atoms with van der Waals surface area (Å²) in [6, 6.07) is 4.03. The molecule has 0 saturated carbocycles. The second-order valence-electron chi connectivity index (χ2n) is 4.13. The molecule has 19 heavy (non-hydrogen) atoms. The Morgan fingerprint density at radius 3 is 3.00 bits per heavy atom. The summed E-state index contributed by atoms with van der Waals surface area (Å²) in [5, 5.41) is 10.5. The van der Waals surface area contributed by atoms with Crippen LogP contribution in [0.15, 0.2) is 18.2 Å². The van der Waals surface area contributed by atoms with Gasteiger partial charge in [-0.2, -0.15) is 0 Å². The van der Waals surface area contributed by atoms with Crippen molar-refractivity contribution in [1.29, 1.82) is 0 Å². The first kappa shape index (κ1) is 13.8. The van der Waals surface area contributed by atoms with Gasteiger partial charge in [0, 0.05) is 12.7 Å². The Hall–Kier alpha value is -1.66. The number of hydrogen-bond acceptors (Lipinski definition) is 5. The van der Waals surface area contributed by atoms with Crippen molar-refractivity contribution in [2.45, 2.75) is 18.9 Å². The number of carbonyl (C=O) groups excluding carboxylic acids is 1. The SMILES string of the molecule is O=C(OCC1CCCO1)c1cccc([N+](=O)[O-])c1Cl. The van der Waals surface area contributed by atoms with Crippen LogP contribution in [0, 0.1) is 10.1 Å². The summed E-state index contributed by atoms with van der Waals surface area (Å²) in [6.45, 7) is 0.803. The van der Waals surface area contributed by atoms with Gasteiger partial charge < -0.3 is 9.47 Å². The lowest BCUT2D eigenvalue weighted by Crippen LogP contribution is -2.18. The first-order chi connectivity index (χ1) is 9.09. The molecule has 1 aromatic rings. The van der Waals surface area contributed by atoms with Crippen molar-refractivity contribution >= 4 is 23.3 Å². The number of hydrogen-bond donors (Lipinski definition) is 0. The van der Waals surface area contributed by atoms with Crippen LogP contribution in [0.1, 0.15) is 23.2 Å². The largest absolute Gasteiger partial charge is 0.459 e. The molecule has 1 unspecified atom stereocenters. The number of nitro benzene ring substituents is 1. The standard InChI is InChI=1S/C12H12ClNO5/c13-11-9(4-1-5-10(11)14(16)17)12(15)19-7-8-3-2-6-18-8/h1,4-5,8H,2-3,6-7H2. The summed E-state index contributed by atoms with van der Waals surface area (Å²) in [5.41, 5.74) is -0.318. The van der Waals surface area contributed by atoms with E-state index < -0.39 is 10.9 Å². The van der Waals surface area contributed by atoms with Gasteiger partial charge in [-0.3, -0.25) is 10.1 Å². The van der Waals surface area contributed by atoms with Crippen LogP contribution in [0.25, 0.3) is 0 Å². The summed E-state index contributed by atoms with van der Waals surface area (Å²) < 4.78 is 10.4. The maximum Gasteiger partial charge on any atom is 0.340 e. The van der Waals surface area contributed by atoms with Gasteiger partial charge in [-0.15, -0.1) is 0 Å². The molecule has 1 fully saturated rings. The Bertz CT molecular complexity index is 499. The van der Waals surface area contributed by atoms with Crippen molar-refractivity contribution in [2.75, 3.05) is 13.2 Å². The predicted octanol–water partition coefficient (Wildman–Crippen LogP) is 2.58. The second-order valence-corrected chi connectivity index (χ2v) is 4.51. The van der Waals surface area contributed by atoms with E-state index in [1.807, 2.05) is 0 Å². The molecule has 0 spiro atoms. The second kappa shape index (κ2) is 5.99. The van der Waals surface area contributed by atoms with Crippen LogP contribution in [0.5, 0.6) is 0 Å². The van der Waals surface area contributed by atoms with Gasteiger partial charge in [-0.05, 0) is 18.9 Å². The fourth-order valence-corrected chi connectivity index (χ4v) is 2.11. The van der Waals surface area contributed by atoms with Gasteiger partial charge in [0.25, 0.3) is 5.69 Å². The van der Waals surface area contributed by atoms with Crippen LogP contribution >= 0.6 is 11.6 Å². The van der Waals surface area contributed by atoms with Crippen LogP contribution < -0.4 is 0 Å². The molecule has 2 rings (SSSR count). The third-order valence-corrected chi connectivity index (χ3v) is 3.22. The zero-order valence-corrected chi connectivity index (χ0v) is 10.8. The number of nitrogens with zero attached hydrogens (tertiary/aromatic N) is 1. The Balaban J connectivity index is 2.06. The van der Waals surface area contributed by atoms with Crippen molar-refractivity contribution in [3.8, 4) is 0 Å². The normalized spacial score (nSPS) is 18.3. The van der Waals surface area contributed by atoms with E-state index in [1.54, 1.807) is 0 Å². The van der Waals surface area contributed by atoms with Gasteiger partial charge in [0.2, 0.25) is 0 Å². The molecule has 0 N–H and O–H groups in total. The molecular weight excluding hydrogens is 274 g/mol. The number of halogens is 1. The number of rotatable bonds is 4. The van der Waals surface area contributed by atoms with E-state index in [0.717, 1.165) is 12.8 Å². The topological polar surface area (TPSA) is 78.7 Å². The molecule has 7 heteroatoms. The van der Waals surface area contributed by atoms with E-state index in [-0.39, 0.29) is 29.0 Å². The van der Waals surface area contributed by atoms with E-state index in [9.17, 15) is 14.9 Å². The summed E-state index contributed by atoms with van der Waals surface area (Å²) >= 11 is 5.82. The molecule has 1 atom stereocenters. The van der Waals surface area contributed by atoms with Gasteiger partial charge in [-0.1, -0.05) is 17.7 Å². The summed E-state index contributed by atoms with van der Waals surface area (Å²) in [4.78, 5) is 21.9. The third-order valence-electron chi connectivity index (χ3n) is 2.82. The van der Waals surface area contributed by atoms with Gasteiger partial charge in [0.15, 0.2) is 0 Å². The zero-order chi connectivity index (χ0) is 13.8. The minimum Gasteiger partial charge on any atom is -0.459 e. The summed E-state index contributed by atoms with van der Waals surface area (Å²) in [6.07, 6.45) is 1.69. The molecule has 0 bridgehead atoms. The number of nitro groups is 1. The van der Waals surface area contributed by atoms with Crippen molar-refractivity contribution in [2.24, 2.45) is 0 Å². The first-order valence-electron chi connectivity index (χ1n) is 5.81. The van der Waals surface area contributed by atoms with Crippen molar-refractivity contribution in [1.82, 2.24) is 0 Å². The van der Waals surface area contributed by atoms with Crippen LogP contribution in [0.2, 0.25) is 5.02 Å². The average Bonchev–Trinajstić information content (AvgIpc) is 2.89. The van der Waals surface area contributed by atoms with Gasteiger partial charge in [-0.25, -0.2) is 4.79 Å². The Labute approximate surface area is 114 Å². The number of esters is 1. The average molecular weight is 286 g/mol. The highest BCUT2D eigenvalue weighted by Gasteiger charge is 2.23. The quantitative estimate of drug-likeness (QED) is 0.482. The molecular formula is C12H12ClNO5. The summed E-state index contributed by atoms with van der Waals surface area (Å²) in [7, 11) is 0. The van der Waals surface area contributed by atoms with Gasteiger partial charge >= 0.3 is 5.97 Å². The van der Waals surface area contributed by atoms with Crippen molar-refractivity contribution in [3.05, 3.63) is 38.9 Å². The molecule has 1 heterocycles. The lowest BCUT2D eigenvalue weighted by molar-refractivity contribution is -0.384. The molecule has 6 nitrogen and oxygen atoms in total. The van der Waals surface area contributed by atoms with Crippen LogP contribution in [-0.4, -0.2) is 30.2 Å². The Morgan fingerprint density at radius 1 is 1.58 bits per heavy atom. The predicted molar refractivity (Wildman–Crippen MR) is 67.4 cm³/mol. The Morgan fingerprint density at radius 2 is 2.37 bits per heavy atom. The number of benzene rings is 1. The van der Waals surface area contributed by atoms with Crippen LogP contribution in [0.4, 0.5) is 5.69 Å².